The molecule has 0 spiro atoms. The minimum absolute atomic E-state index is 0.221. The zero-order chi connectivity index (χ0) is 18.1. The second-order valence-electron chi connectivity index (χ2n) is 5.36. The molecule has 0 radical (unpaired) electrons. The van der Waals surface area contributed by atoms with Crippen molar-refractivity contribution in [3.8, 4) is 11.8 Å². The van der Waals surface area contributed by atoms with Crippen LogP contribution in [0, 0.1) is 11.8 Å². The fourth-order valence-electron chi connectivity index (χ4n) is 2.37. The number of pyridine rings is 1. The number of fused-ring (bicyclic) bond motifs is 1. The highest BCUT2D eigenvalue weighted by Crippen LogP contribution is 2.29. The average Bonchev–Trinajstić information content (AvgIpc) is 3.17. The second-order valence-corrected chi connectivity index (χ2v) is 7.52. The molecule has 3 heterocycles. The first-order valence-corrected chi connectivity index (χ1v) is 9.09. The fraction of sp³-hybridized carbons (Fsp3) is 0. The first-order chi connectivity index (χ1) is 12.6. The molecule has 4 nitrogen and oxygen atoms in total. The van der Waals surface area contributed by atoms with Gasteiger partial charge in [-0.05, 0) is 30.3 Å². The number of amides is 1. The van der Waals surface area contributed by atoms with Crippen LogP contribution in [0.5, 0.6) is 0 Å². The van der Waals surface area contributed by atoms with E-state index >= 15 is 0 Å². The van der Waals surface area contributed by atoms with Crippen molar-refractivity contribution in [2.45, 2.75) is 0 Å². The van der Waals surface area contributed by atoms with Crippen molar-refractivity contribution in [3.63, 3.8) is 0 Å². The number of hydrogen-bond acceptors (Lipinski definition) is 5. The van der Waals surface area contributed by atoms with Crippen molar-refractivity contribution in [3.05, 3.63) is 69.5 Å². The van der Waals surface area contributed by atoms with E-state index in [1.165, 1.54) is 11.8 Å². The summed E-state index contributed by atoms with van der Waals surface area (Å²) in [5.41, 5.74) is 2.13. The van der Waals surface area contributed by atoms with Crippen LogP contribution in [0.15, 0.2) is 52.0 Å². The number of furan rings is 1. The number of aromatic nitrogens is 1. The zero-order valence-electron chi connectivity index (χ0n) is 13.1. The van der Waals surface area contributed by atoms with E-state index in [1.54, 1.807) is 30.6 Å². The molecule has 4 rings (SSSR count). The van der Waals surface area contributed by atoms with Crippen LogP contribution < -0.4 is 5.32 Å². The van der Waals surface area contributed by atoms with E-state index in [0.717, 1.165) is 10.9 Å². The Morgan fingerprint density at radius 3 is 2.77 bits per heavy atom. The Morgan fingerprint density at radius 2 is 2.04 bits per heavy atom. The van der Waals surface area contributed by atoms with Crippen LogP contribution >= 0.6 is 35.6 Å². The van der Waals surface area contributed by atoms with Gasteiger partial charge in [0.15, 0.2) is 5.58 Å². The number of thiocarbonyl (C=S) groups is 1. The predicted molar refractivity (Wildman–Crippen MR) is 108 cm³/mol. The Bertz CT molecular complexity index is 1140. The summed E-state index contributed by atoms with van der Waals surface area (Å²) in [6, 6.07) is 9.09. The Hall–Kier alpha value is -2.59. The van der Waals surface area contributed by atoms with Gasteiger partial charge in [0.2, 0.25) is 0 Å². The highest BCUT2D eigenvalue weighted by Gasteiger charge is 2.22. The lowest BCUT2D eigenvalue weighted by molar-refractivity contribution is -0.115. The monoisotopic (exact) mass is 396 g/mol. The Labute approximate surface area is 163 Å². The van der Waals surface area contributed by atoms with Crippen molar-refractivity contribution < 1.29 is 9.21 Å². The van der Waals surface area contributed by atoms with Crippen molar-refractivity contribution >= 4 is 62.9 Å². The van der Waals surface area contributed by atoms with Crippen LogP contribution in [0.2, 0.25) is 5.02 Å². The van der Waals surface area contributed by atoms with Gasteiger partial charge in [0, 0.05) is 34.4 Å². The molecule has 7 heteroatoms. The van der Waals surface area contributed by atoms with Crippen molar-refractivity contribution in [2.75, 3.05) is 0 Å². The Morgan fingerprint density at radius 1 is 1.23 bits per heavy atom. The van der Waals surface area contributed by atoms with Crippen molar-refractivity contribution in [1.29, 1.82) is 0 Å². The van der Waals surface area contributed by atoms with Crippen molar-refractivity contribution in [1.82, 2.24) is 10.3 Å². The van der Waals surface area contributed by atoms with Crippen LogP contribution in [0.3, 0.4) is 0 Å². The number of nitrogens with zero attached hydrogens (tertiary/aromatic N) is 1. The summed E-state index contributed by atoms with van der Waals surface area (Å²) >= 11 is 12.1. The third kappa shape index (κ3) is 3.51. The van der Waals surface area contributed by atoms with E-state index in [0.29, 0.717) is 31.2 Å². The van der Waals surface area contributed by atoms with Gasteiger partial charge in [0.05, 0.1) is 10.5 Å². The predicted octanol–water partition coefficient (Wildman–Crippen LogP) is 4.37. The lowest BCUT2D eigenvalue weighted by Gasteiger charge is -1.93. The molecular formula is C19H9ClN2O2S2. The molecule has 0 unspecified atom stereocenters. The van der Waals surface area contributed by atoms with Gasteiger partial charge in [-0.1, -0.05) is 47.4 Å². The third-order valence-electron chi connectivity index (χ3n) is 3.54. The van der Waals surface area contributed by atoms with Crippen molar-refractivity contribution in [2.24, 2.45) is 0 Å². The van der Waals surface area contributed by atoms with Gasteiger partial charge in [-0.25, -0.2) is 0 Å². The SMILES string of the molecule is O=C1NC(=S)S/C1=C\c1cc2cncc(C#Cc3ccc(Cl)cc3)c2o1. The zero-order valence-corrected chi connectivity index (χ0v) is 15.5. The maximum absolute atomic E-state index is 11.8. The van der Waals surface area contributed by atoms with E-state index in [4.69, 9.17) is 28.2 Å². The highest BCUT2D eigenvalue weighted by molar-refractivity contribution is 8.26. The van der Waals surface area contributed by atoms with E-state index in [-0.39, 0.29) is 5.91 Å². The summed E-state index contributed by atoms with van der Waals surface area (Å²) in [7, 11) is 0. The summed E-state index contributed by atoms with van der Waals surface area (Å²) in [5, 5.41) is 4.05. The Balaban J connectivity index is 1.70. The molecule has 1 fully saturated rings. The fourth-order valence-corrected chi connectivity index (χ4v) is 3.52. The van der Waals surface area contributed by atoms with Gasteiger partial charge in [0.25, 0.3) is 5.91 Å². The van der Waals surface area contributed by atoms with Crippen LogP contribution in [-0.4, -0.2) is 15.2 Å². The van der Waals surface area contributed by atoms with Crippen LogP contribution in [0.1, 0.15) is 16.9 Å². The lowest BCUT2D eigenvalue weighted by Crippen LogP contribution is -2.17. The summed E-state index contributed by atoms with van der Waals surface area (Å²) in [6.07, 6.45) is 5.01. The summed E-state index contributed by atoms with van der Waals surface area (Å²) in [5.74, 6) is 6.46. The number of carbonyl (C=O) groups excluding carboxylic acids is 1. The molecule has 1 amide bonds. The van der Waals surface area contributed by atoms with Crippen LogP contribution in [-0.2, 0) is 4.79 Å². The van der Waals surface area contributed by atoms with Gasteiger partial charge in [-0.3, -0.25) is 9.78 Å². The van der Waals surface area contributed by atoms with Gasteiger partial charge in [-0.15, -0.1) is 0 Å². The average molecular weight is 397 g/mol. The highest BCUT2D eigenvalue weighted by atomic mass is 35.5. The first-order valence-electron chi connectivity index (χ1n) is 7.48. The minimum atomic E-state index is -0.221. The summed E-state index contributed by atoms with van der Waals surface area (Å²) in [4.78, 5) is 16.5. The molecule has 1 N–H and O–H groups in total. The molecule has 0 bridgehead atoms. The van der Waals surface area contributed by atoms with E-state index in [1.807, 2.05) is 18.2 Å². The van der Waals surface area contributed by atoms with E-state index in [9.17, 15) is 4.79 Å². The smallest absolute Gasteiger partial charge is 0.263 e. The number of carbonyl (C=O) groups is 1. The molecular weight excluding hydrogens is 388 g/mol. The summed E-state index contributed by atoms with van der Waals surface area (Å²) in [6.45, 7) is 0. The number of nitrogens with one attached hydrogen (secondary N) is 1. The van der Waals surface area contributed by atoms with Gasteiger partial charge in [-0.2, -0.15) is 0 Å². The molecule has 0 saturated carbocycles. The molecule has 1 aliphatic rings. The molecule has 3 aromatic rings. The standard InChI is InChI=1S/C19H9ClN2O2S2/c20-14-5-2-11(3-6-14)1-4-12-9-21-10-13-7-15(24-17(12)13)8-16-18(23)22-19(25)26-16/h2-3,5-10H,(H,22,23,25)/b16-8-. The number of rotatable bonds is 1. The quantitative estimate of drug-likeness (QED) is 0.376. The van der Waals surface area contributed by atoms with Gasteiger partial charge >= 0.3 is 0 Å². The number of hydrogen-bond donors (Lipinski definition) is 1. The van der Waals surface area contributed by atoms with E-state index in [2.05, 4.69) is 22.1 Å². The minimum Gasteiger partial charge on any atom is -0.455 e. The third-order valence-corrected chi connectivity index (χ3v) is 4.96. The molecule has 0 atom stereocenters. The normalized spacial score (nSPS) is 15.2. The van der Waals surface area contributed by atoms with Crippen LogP contribution in [0.25, 0.3) is 17.0 Å². The second kappa shape index (κ2) is 6.96. The number of thioether (sulfide) groups is 1. The molecule has 26 heavy (non-hydrogen) atoms. The number of benzene rings is 1. The maximum atomic E-state index is 11.8. The van der Waals surface area contributed by atoms with Gasteiger partial charge in [0.1, 0.15) is 10.1 Å². The Kier molecular flexibility index (Phi) is 4.51. The van der Waals surface area contributed by atoms with E-state index < -0.39 is 0 Å². The molecule has 1 saturated heterocycles. The maximum Gasteiger partial charge on any atom is 0.263 e. The molecule has 0 aliphatic carbocycles. The van der Waals surface area contributed by atoms with Crippen LogP contribution in [0.4, 0.5) is 0 Å². The summed E-state index contributed by atoms with van der Waals surface area (Å²) < 4.78 is 6.31. The van der Waals surface area contributed by atoms with Gasteiger partial charge < -0.3 is 9.73 Å². The molecule has 2 aromatic heterocycles. The molecule has 126 valence electrons. The topological polar surface area (TPSA) is 55.1 Å². The number of halogens is 1. The largest absolute Gasteiger partial charge is 0.455 e. The lowest BCUT2D eigenvalue weighted by atomic mass is 10.2. The first kappa shape index (κ1) is 16.9. The molecule has 1 aliphatic heterocycles. The molecule has 1 aromatic carbocycles.